The normalized spacial score (nSPS) is 10.6. The van der Waals surface area contributed by atoms with Gasteiger partial charge in [0.2, 0.25) is 0 Å². The smallest absolute Gasteiger partial charge is 0.287 e. The van der Waals surface area contributed by atoms with Crippen molar-refractivity contribution in [2.24, 2.45) is 0 Å². The van der Waals surface area contributed by atoms with Crippen molar-refractivity contribution in [1.29, 1.82) is 0 Å². The zero-order valence-corrected chi connectivity index (χ0v) is 13.5. The molecule has 0 aliphatic rings. The lowest BCUT2D eigenvalue weighted by atomic mass is 10.2. The number of hydrogen-bond acceptors (Lipinski definition) is 3. The van der Waals surface area contributed by atoms with Crippen molar-refractivity contribution in [3.8, 4) is 0 Å². The second kappa shape index (κ2) is 7.27. The van der Waals surface area contributed by atoms with E-state index >= 15 is 0 Å². The monoisotopic (exact) mass is 343 g/mol. The van der Waals surface area contributed by atoms with Crippen LogP contribution in [0.2, 0.25) is 5.02 Å². The minimum absolute atomic E-state index is 0.0862. The summed E-state index contributed by atoms with van der Waals surface area (Å²) in [6, 6.07) is 15.7. The van der Waals surface area contributed by atoms with Crippen molar-refractivity contribution in [3.63, 3.8) is 0 Å². The highest BCUT2D eigenvalue weighted by Gasteiger charge is 2.09. The average molecular weight is 344 g/mol. The Bertz CT molecular complexity index is 879. The van der Waals surface area contributed by atoms with Gasteiger partial charge in [0.05, 0.1) is 18.4 Å². The van der Waals surface area contributed by atoms with Crippen LogP contribution in [0.5, 0.6) is 0 Å². The van der Waals surface area contributed by atoms with Gasteiger partial charge in [0, 0.05) is 6.54 Å². The molecule has 2 aromatic carbocycles. The largest absolute Gasteiger partial charge is 0.378 e. The predicted molar refractivity (Wildman–Crippen MR) is 92.8 cm³/mol. The Balaban J connectivity index is 1.75. The molecule has 4 nitrogen and oxygen atoms in total. The van der Waals surface area contributed by atoms with Crippen LogP contribution in [0.3, 0.4) is 0 Å². The van der Waals surface area contributed by atoms with E-state index in [1.807, 2.05) is 30.3 Å². The molecule has 0 atom stereocenters. The SMILES string of the molecule is O=c1c(Cl)c(NCc2ccc(F)cc2)cnn1Cc1ccccc1. The van der Waals surface area contributed by atoms with Crippen LogP contribution >= 0.6 is 11.6 Å². The first-order valence-electron chi connectivity index (χ1n) is 7.41. The molecule has 0 bridgehead atoms. The minimum Gasteiger partial charge on any atom is -0.378 e. The molecule has 0 aliphatic carbocycles. The van der Waals surface area contributed by atoms with Gasteiger partial charge in [-0.15, -0.1) is 0 Å². The second-order valence-electron chi connectivity index (χ2n) is 5.30. The molecule has 1 N–H and O–H groups in total. The molecular weight excluding hydrogens is 329 g/mol. The molecule has 0 radical (unpaired) electrons. The van der Waals surface area contributed by atoms with Gasteiger partial charge in [-0.2, -0.15) is 5.10 Å². The van der Waals surface area contributed by atoms with E-state index in [0.717, 1.165) is 11.1 Å². The van der Waals surface area contributed by atoms with Crippen LogP contribution in [-0.2, 0) is 13.1 Å². The van der Waals surface area contributed by atoms with E-state index in [9.17, 15) is 9.18 Å². The Morgan fingerprint density at radius 1 is 1.04 bits per heavy atom. The molecule has 0 saturated heterocycles. The topological polar surface area (TPSA) is 46.9 Å². The molecule has 0 saturated carbocycles. The molecular formula is C18H15ClFN3O. The van der Waals surface area contributed by atoms with Crippen LogP contribution in [-0.4, -0.2) is 9.78 Å². The molecule has 0 amide bonds. The van der Waals surface area contributed by atoms with E-state index in [-0.39, 0.29) is 16.4 Å². The summed E-state index contributed by atoms with van der Waals surface area (Å²) in [6.45, 7) is 0.779. The fourth-order valence-corrected chi connectivity index (χ4v) is 2.47. The third-order valence-electron chi connectivity index (χ3n) is 3.56. The van der Waals surface area contributed by atoms with Crippen molar-refractivity contribution in [2.45, 2.75) is 13.1 Å². The molecule has 6 heteroatoms. The molecule has 1 aromatic heterocycles. The maximum Gasteiger partial charge on any atom is 0.287 e. The van der Waals surface area contributed by atoms with Crippen molar-refractivity contribution in [1.82, 2.24) is 9.78 Å². The van der Waals surface area contributed by atoms with Gasteiger partial charge in [-0.3, -0.25) is 4.79 Å². The summed E-state index contributed by atoms with van der Waals surface area (Å²) in [5.74, 6) is -0.290. The molecule has 122 valence electrons. The first-order chi connectivity index (χ1) is 11.6. The zero-order valence-electron chi connectivity index (χ0n) is 12.7. The molecule has 3 aromatic rings. The highest BCUT2D eigenvalue weighted by Crippen LogP contribution is 2.17. The highest BCUT2D eigenvalue weighted by molar-refractivity contribution is 6.32. The van der Waals surface area contributed by atoms with E-state index in [1.165, 1.54) is 23.0 Å². The molecule has 0 unspecified atom stereocenters. The highest BCUT2D eigenvalue weighted by atomic mass is 35.5. The third-order valence-corrected chi connectivity index (χ3v) is 3.92. The van der Waals surface area contributed by atoms with Crippen LogP contribution in [0.1, 0.15) is 11.1 Å². The summed E-state index contributed by atoms with van der Waals surface area (Å²) >= 11 is 6.16. The van der Waals surface area contributed by atoms with Gasteiger partial charge in [-0.1, -0.05) is 54.1 Å². The van der Waals surface area contributed by atoms with E-state index in [0.29, 0.717) is 18.8 Å². The number of anilines is 1. The van der Waals surface area contributed by atoms with E-state index in [2.05, 4.69) is 10.4 Å². The number of aromatic nitrogens is 2. The van der Waals surface area contributed by atoms with Crippen LogP contribution in [0.15, 0.2) is 65.6 Å². The predicted octanol–water partition coefficient (Wildman–Crippen LogP) is 3.70. The first-order valence-corrected chi connectivity index (χ1v) is 7.79. The maximum atomic E-state index is 12.9. The number of hydrogen-bond donors (Lipinski definition) is 1. The summed E-state index contributed by atoms with van der Waals surface area (Å²) in [5, 5.41) is 7.29. The molecule has 0 aliphatic heterocycles. The van der Waals surface area contributed by atoms with E-state index < -0.39 is 0 Å². The Labute approximate surface area is 143 Å². The maximum absolute atomic E-state index is 12.9. The number of halogens is 2. The standard InChI is InChI=1S/C18H15ClFN3O/c19-17-16(21-10-13-6-8-15(20)9-7-13)11-22-23(18(17)24)12-14-4-2-1-3-5-14/h1-9,11,21H,10,12H2. The summed E-state index contributed by atoms with van der Waals surface area (Å²) in [7, 11) is 0. The number of nitrogens with zero attached hydrogens (tertiary/aromatic N) is 2. The summed E-state index contributed by atoms with van der Waals surface area (Å²) in [6.07, 6.45) is 1.52. The van der Waals surface area contributed by atoms with Gasteiger partial charge in [0.1, 0.15) is 10.8 Å². The molecule has 1 heterocycles. The first kappa shape index (κ1) is 16.2. The minimum atomic E-state index is -0.357. The van der Waals surface area contributed by atoms with Crippen LogP contribution in [0.4, 0.5) is 10.1 Å². The van der Waals surface area contributed by atoms with E-state index in [1.54, 1.807) is 12.1 Å². The lowest BCUT2D eigenvalue weighted by molar-refractivity contribution is 0.627. The fraction of sp³-hybridized carbons (Fsp3) is 0.111. The van der Waals surface area contributed by atoms with Gasteiger partial charge in [-0.25, -0.2) is 9.07 Å². The number of benzene rings is 2. The Kier molecular flexibility index (Phi) is 4.91. The zero-order chi connectivity index (χ0) is 16.9. The molecule has 0 fully saturated rings. The Hall–Kier alpha value is -2.66. The summed E-state index contributed by atoms with van der Waals surface area (Å²) in [5.41, 5.74) is 1.94. The van der Waals surface area contributed by atoms with Gasteiger partial charge in [0.15, 0.2) is 0 Å². The fourth-order valence-electron chi connectivity index (χ4n) is 2.26. The van der Waals surface area contributed by atoms with Gasteiger partial charge >= 0.3 is 0 Å². The van der Waals surface area contributed by atoms with Crippen LogP contribution < -0.4 is 10.9 Å². The Morgan fingerprint density at radius 2 is 1.75 bits per heavy atom. The van der Waals surface area contributed by atoms with Crippen molar-refractivity contribution in [3.05, 3.63) is 93.1 Å². The lowest BCUT2D eigenvalue weighted by Gasteiger charge is -2.10. The molecule has 24 heavy (non-hydrogen) atoms. The second-order valence-corrected chi connectivity index (χ2v) is 5.68. The van der Waals surface area contributed by atoms with Crippen LogP contribution in [0.25, 0.3) is 0 Å². The van der Waals surface area contributed by atoms with Crippen LogP contribution in [0, 0.1) is 5.82 Å². The lowest BCUT2D eigenvalue weighted by Crippen LogP contribution is -2.24. The van der Waals surface area contributed by atoms with Crippen molar-refractivity contribution >= 4 is 17.3 Å². The van der Waals surface area contributed by atoms with Gasteiger partial charge < -0.3 is 5.32 Å². The average Bonchev–Trinajstić information content (AvgIpc) is 2.61. The Morgan fingerprint density at radius 3 is 2.46 bits per heavy atom. The van der Waals surface area contributed by atoms with E-state index in [4.69, 9.17) is 11.6 Å². The van der Waals surface area contributed by atoms with Gasteiger partial charge in [-0.05, 0) is 23.3 Å². The third kappa shape index (κ3) is 3.81. The number of nitrogens with one attached hydrogen (secondary N) is 1. The molecule has 0 spiro atoms. The quantitative estimate of drug-likeness (QED) is 0.768. The molecule has 3 rings (SSSR count). The van der Waals surface area contributed by atoms with Crippen molar-refractivity contribution < 1.29 is 4.39 Å². The number of rotatable bonds is 5. The summed E-state index contributed by atoms with van der Waals surface area (Å²) < 4.78 is 14.2. The van der Waals surface area contributed by atoms with Crippen molar-refractivity contribution in [2.75, 3.05) is 5.32 Å². The summed E-state index contributed by atoms with van der Waals surface area (Å²) in [4.78, 5) is 12.3. The van der Waals surface area contributed by atoms with Gasteiger partial charge in [0.25, 0.3) is 5.56 Å².